The van der Waals surface area contributed by atoms with E-state index in [1.807, 2.05) is 80.5 Å². The largest absolute Gasteiger partial charge is 0.613 e. The highest BCUT2D eigenvalue weighted by atomic mass is 127. The maximum Gasteiger partial charge on any atom is 0.575 e. The molecule has 3 saturated heterocycles. The normalized spacial score (nSPS) is 17.6. The molecule has 3 aliphatic heterocycles. The van der Waals surface area contributed by atoms with Crippen molar-refractivity contribution < 1.29 is 76.5 Å². The van der Waals surface area contributed by atoms with Crippen LogP contribution in [0.15, 0.2) is 90.9 Å². The maximum atomic E-state index is 11.2. The molecular formula is C54H80B3I3O16. The Morgan fingerprint density at radius 2 is 0.711 bits per heavy atom. The third-order valence-corrected chi connectivity index (χ3v) is 11.7. The number of hydrogen-bond donors (Lipinski definition) is 2. The summed E-state index contributed by atoms with van der Waals surface area (Å²) in [5.41, 5.74) is 0. The van der Waals surface area contributed by atoms with Crippen LogP contribution in [0.1, 0.15) is 174 Å². The van der Waals surface area contributed by atoms with Crippen LogP contribution in [-0.4, -0.2) is 77.6 Å². The molecule has 0 saturated carbocycles. The Balaban J connectivity index is 0. The van der Waals surface area contributed by atoms with Crippen molar-refractivity contribution >= 4 is 135 Å². The summed E-state index contributed by atoms with van der Waals surface area (Å²) in [5.74, 6) is 0.959. The second-order valence-corrected chi connectivity index (χ2v) is 19.7. The van der Waals surface area contributed by atoms with E-state index in [0.29, 0.717) is 32.1 Å². The quantitative estimate of drug-likeness (QED) is 0.0301. The number of allylic oxidation sites excluding steroid dienone is 10. The van der Waals surface area contributed by atoms with Gasteiger partial charge in [-0.3, -0.25) is 38.4 Å². The van der Waals surface area contributed by atoms with Crippen LogP contribution in [-0.2, 0) is 66.3 Å². The highest BCUT2D eigenvalue weighted by molar-refractivity contribution is 14.1. The topological polar surface area (TPSA) is 232 Å². The van der Waals surface area contributed by atoms with E-state index in [4.69, 9.17) is 38.1 Å². The average Bonchev–Trinajstić information content (AvgIpc) is 3.32. The van der Waals surface area contributed by atoms with Crippen molar-refractivity contribution in [1.82, 2.24) is 0 Å². The number of hydrogen-bond acceptors (Lipinski definition) is 14. The Hall–Kier alpha value is -4.33. The first kappa shape index (κ1) is 73.7. The zero-order valence-corrected chi connectivity index (χ0v) is 51.0. The van der Waals surface area contributed by atoms with Crippen molar-refractivity contribution in [2.24, 2.45) is 0 Å². The third kappa shape index (κ3) is 46.9. The van der Waals surface area contributed by atoms with E-state index in [1.165, 1.54) is 44.1 Å². The SMILES string of the molecule is CC/C=C/C=C/C=C/C=C/CCCCCCCC(=O)O.O=C(O)CCCCCCC/C=C/I.[CH2+][B-]1(/C=C/CC)OC(=O)CCCC(=O)O1.[CH2+][B-]1(/C=C/I)OC(=O)CCCC(=O)O1.[CH2+][B-]1(/C=C/I)OC(=O)CCCC(=O)O1. The van der Waals surface area contributed by atoms with Gasteiger partial charge in [0.1, 0.15) is 0 Å². The zero-order chi connectivity index (χ0) is 57.4. The van der Waals surface area contributed by atoms with E-state index in [1.54, 1.807) is 20.2 Å². The predicted octanol–water partition coefficient (Wildman–Crippen LogP) is 13.9. The van der Waals surface area contributed by atoms with Crippen molar-refractivity contribution in [2.45, 2.75) is 174 Å². The number of carboxylic acid groups (broad SMARTS) is 2. The minimum absolute atomic E-state index is 0.239. The van der Waals surface area contributed by atoms with Gasteiger partial charge in [-0.1, -0.05) is 195 Å². The molecule has 0 aromatic heterocycles. The molecule has 22 heteroatoms. The van der Waals surface area contributed by atoms with Crippen LogP contribution in [0.25, 0.3) is 0 Å². The molecule has 0 aromatic carbocycles. The number of halogens is 3. The molecule has 3 aliphatic rings. The van der Waals surface area contributed by atoms with E-state index >= 15 is 0 Å². The average molecular weight is 1400 g/mol. The van der Waals surface area contributed by atoms with Crippen LogP contribution < -0.4 is 0 Å². The monoisotopic (exact) mass is 1400 g/mol. The van der Waals surface area contributed by atoms with Gasteiger partial charge in [0.25, 0.3) is 35.8 Å². The molecule has 2 N–H and O–H groups in total. The van der Waals surface area contributed by atoms with Gasteiger partial charge in [0.2, 0.25) is 0 Å². The first-order valence-electron chi connectivity index (χ1n) is 26.1. The Bertz CT molecular complexity index is 1860. The van der Waals surface area contributed by atoms with Crippen molar-refractivity contribution in [1.29, 1.82) is 0 Å². The fourth-order valence-corrected chi connectivity index (χ4v) is 8.16. The fraction of sp³-hybridized carbons (Fsp3) is 0.500. The lowest BCUT2D eigenvalue weighted by atomic mass is 9.59. The van der Waals surface area contributed by atoms with Gasteiger partial charge in [-0.25, -0.2) is 0 Å². The molecule has 3 heterocycles. The van der Waals surface area contributed by atoms with E-state index in [2.05, 4.69) is 80.4 Å². The third-order valence-electron chi connectivity index (χ3n) is 10.3. The van der Waals surface area contributed by atoms with Gasteiger partial charge >= 0.3 is 31.6 Å². The van der Waals surface area contributed by atoms with Crippen LogP contribution in [0.2, 0.25) is 0 Å². The summed E-state index contributed by atoms with van der Waals surface area (Å²) in [7, 11) is 0. The Morgan fingerprint density at radius 3 is 1.03 bits per heavy atom. The summed E-state index contributed by atoms with van der Waals surface area (Å²) in [5, 5.41) is 16.9. The molecule has 3 rings (SSSR count). The summed E-state index contributed by atoms with van der Waals surface area (Å²) < 4.78 is 35.2. The summed E-state index contributed by atoms with van der Waals surface area (Å²) >= 11 is 6.12. The fourth-order valence-electron chi connectivity index (χ4n) is 6.54. The molecule has 3 fully saturated rings. The summed E-state index contributed by atoms with van der Waals surface area (Å²) in [4.78, 5) is 87.6. The molecule has 76 heavy (non-hydrogen) atoms. The van der Waals surface area contributed by atoms with Gasteiger partial charge in [-0.05, 0) is 95.2 Å². The van der Waals surface area contributed by atoms with Crippen molar-refractivity contribution in [3.63, 3.8) is 0 Å². The Morgan fingerprint density at radius 1 is 0.421 bits per heavy atom. The second kappa shape index (κ2) is 47.9. The zero-order valence-electron chi connectivity index (χ0n) is 44.5. The lowest BCUT2D eigenvalue weighted by molar-refractivity contribution is -0.145. The maximum absolute atomic E-state index is 11.2. The summed E-state index contributed by atoms with van der Waals surface area (Å²) in [6, 6.07) is 0. The Labute approximate surface area is 493 Å². The molecule has 0 aliphatic carbocycles. The lowest BCUT2D eigenvalue weighted by Crippen LogP contribution is -2.43. The van der Waals surface area contributed by atoms with Crippen LogP contribution in [0.4, 0.5) is 0 Å². The predicted molar refractivity (Wildman–Crippen MR) is 327 cm³/mol. The molecule has 0 amide bonds. The number of unbranched alkanes of at least 4 members (excludes halogenated alkanes) is 10. The summed E-state index contributed by atoms with van der Waals surface area (Å²) in [6.07, 6.45) is 39.0. The lowest BCUT2D eigenvalue weighted by Gasteiger charge is -2.29. The number of aliphatic carboxylic acids is 2. The molecule has 16 nitrogen and oxygen atoms in total. The van der Waals surface area contributed by atoms with Gasteiger partial charge < -0.3 is 38.1 Å². The number of carbonyl (C=O) groups excluding carboxylic acids is 6. The van der Waals surface area contributed by atoms with Crippen molar-refractivity contribution in [3.05, 3.63) is 111 Å². The highest BCUT2D eigenvalue weighted by Gasteiger charge is 2.39. The van der Waals surface area contributed by atoms with Crippen LogP contribution in [0.5, 0.6) is 0 Å². The van der Waals surface area contributed by atoms with Gasteiger partial charge in [-0.15, -0.1) is 12.1 Å². The molecule has 0 aromatic rings. The van der Waals surface area contributed by atoms with Crippen molar-refractivity contribution in [2.75, 3.05) is 0 Å². The molecule has 0 spiro atoms. The van der Waals surface area contributed by atoms with Crippen LogP contribution >= 0.6 is 67.8 Å². The van der Waals surface area contributed by atoms with Crippen molar-refractivity contribution in [3.8, 4) is 0 Å². The van der Waals surface area contributed by atoms with Crippen LogP contribution in [0.3, 0.4) is 0 Å². The van der Waals surface area contributed by atoms with E-state index < -0.39 is 31.6 Å². The standard InChI is InChI=1S/C18H28O2.C10H15BO4.C10H17IO2.2C8H10BIO4/c1-2-3-4-5-6-7-8-9-10-11-12-13-14-15-16-17-18(19)20;1-3-4-8-11(2)14-9(12)6-5-7-10(13)15-11;11-9-7-5-3-1-2-4-6-8-10(12)13;2*1-9(5-6-10)13-7(11)3-2-4-8(12)14-9/h3-10H,2,11-17H2,1H3,(H,19,20);4,8H,2-3,5-7H2,1H3;7,9H,1-6,8H2,(H,12,13);2*5-6H,1-4H2/b4-3+,6-5+,8-7+,10-9+;8-4+;9-7+;2*6-5+. The number of carbonyl (C=O) groups is 8. The number of carboxylic acids is 2. The van der Waals surface area contributed by atoms with Gasteiger partial charge in [-0.2, -0.15) is 0 Å². The minimum atomic E-state index is -2.16. The molecule has 422 valence electrons. The first-order valence-corrected chi connectivity index (χ1v) is 29.9. The van der Waals surface area contributed by atoms with E-state index in [9.17, 15) is 38.4 Å². The first-order chi connectivity index (χ1) is 36.2. The van der Waals surface area contributed by atoms with E-state index in [-0.39, 0.29) is 74.3 Å². The molecule has 0 radical (unpaired) electrons. The van der Waals surface area contributed by atoms with E-state index in [0.717, 1.165) is 57.8 Å². The van der Waals surface area contributed by atoms with Gasteiger partial charge in [0.05, 0.1) is 0 Å². The van der Waals surface area contributed by atoms with Gasteiger partial charge in [0.15, 0.2) is 0 Å². The minimum Gasteiger partial charge on any atom is -0.613 e. The summed E-state index contributed by atoms with van der Waals surface area (Å²) in [6.45, 7) is 8.44. The number of rotatable bonds is 24. The molecule has 0 unspecified atom stereocenters. The Kier molecular flexibility index (Phi) is 46.4. The molecule has 0 atom stereocenters. The second-order valence-electron chi connectivity index (χ2n) is 17.6. The molecular weight excluding hydrogens is 1320 g/mol. The smallest absolute Gasteiger partial charge is 0.575 e. The highest BCUT2D eigenvalue weighted by Crippen LogP contribution is 2.19. The van der Waals surface area contributed by atoms with Gasteiger partial charge in [0, 0.05) is 51.4 Å². The van der Waals surface area contributed by atoms with Crippen LogP contribution in [0, 0.1) is 20.5 Å². The molecule has 0 bridgehead atoms.